The molecule has 2 aliphatic rings. The Kier molecular flexibility index (Phi) is 4.73. The Morgan fingerprint density at radius 3 is 2.29 bits per heavy atom. The highest BCUT2D eigenvalue weighted by molar-refractivity contribution is 7.89. The second-order valence-corrected chi connectivity index (χ2v) is 9.59. The van der Waals surface area contributed by atoms with Gasteiger partial charge in [-0.2, -0.15) is 4.31 Å². The van der Waals surface area contributed by atoms with E-state index in [4.69, 9.17) is 9.47 Å². The highest BCUT2D eigenvalue weighted by Gasteiger charge is 2.31. The van der Waals surface area contributed by atoms with Crippen LogP contribution in [0.3, 0.4) is 0 Å². The van der Waals surface area contributed by atoms with Crippen LogP contribution in [-0.2, 0) is 20.0 Å². The third-order valence-corrected chi connectivity index (χ3v) is 6.64. The van der Waals surface area contributed by atoms with Gasteiger partial charge in [0, 0.05) is 25.2 Å². The number of fused-ring (bicyclic) bond motifs is 1. The Bertz CT molecular complexity index is 814. The lowest BCUT2D eigenvalue weighted by atomic mass is 10.1. The van der Waals surface area contributed by atoms with Crippen molar-refractivity contribution in [3.63, 3.8) is 0 Å². The molecule has 24 heavy (non-hydrogen) atoms. The summed E-state index contributed by atoms with van der Waals surface area (Å²) in [6, 6.07) is 4.35. The van der Waals surface area contributed by atoms with Crippen LogP contribution in [0.5, 0.6) is 11.5 Å². The highest BCUT2D eigenvalue weighted by Crippen LogP contribution is 2.33. The standard InChI is InChI=1S/C14H20N2O6S2/c1-23(17,18)15-11-4-6-16(7-5-11)24(19,20)12-2-3-13-14(10-12)22-9-8-21-13/h2-3,10-11,15H,4-9H2,1H3. The zero-order valence-corrected chi connectivity index (χ0v) is 14.9. The smallest absolute Gasteiger partial charge is 0.243 e. The quantitative estimate of drug-likeness (QED) is 0.803. The van der Waals surface area contributed by atoms with Gasteiger partial charge >= 0.3 is 0 Å². The molecule has 0 aromatic heterocycles. The van der Waals surface area contributed by atoms with Crippen LogP contribution in [0.25, 0.3) is 0 Å². The number of hydrogen-bond donors (Lipinski definition) is 1. The number of nitrogens with zero attached hydrogens (tertiary/aromatic N) is 1. The summed E-state index contributed by atoms with van der Waals surface area (Å²) in [6.07, 6.45) is 1.99. The van der Waals surface area contributed by atoms with E-state index >= 15 is 0 Å². The molecule has 1 saturated heterocycles. The minimum atomic E-state index is -3.64. The predicted molar refractivity (Wildman–Crippen MR) is 87.2 cm³/mol. The van der Waals surface area contributed by atoms with E-state index in [1.54, 1.807) is 6.07 Å². The summed E-state index contributed by atoms with van der Waals surface area (Å²) < 4.78 is 62.8. The third-order valence-electron chi connectivity index (χ3n) is 3.99. The fraction of sp³-hybridized carbons (Fsp3) is 0.571. The molecule has 0 atom stereocenters. The maximum atomic E-state index is 12.8. The monoisotopic (exact) mass is 376 g/mol. The van der Waals surface area contributed by atoms with E-state index in [-0.39, 0.29) is 24.0 Å². The van der Waals surface area contributed by atoms with Gasteiger partial charge in [-0.3, -0.25) is 0 Å². The van der Waals surface area contributed by atoms with Gasteiger partial charge in [0.05, 0.1) is 11.2 Å². The molecule has 2 aliphatic heterocycles. The summed E-state index contributed by atoms with van der Waals surface area (Å²) in [4.78, 5) is 0.154. The van der Waals surface area contributed by atoms with Gasteiger partial charge in [-0.25, -0.2) is 21.6 Å². The van der Waals surface area contributed by atoms with Gasteiger partial charge in [0.25, 0.3) is 0 Å². The van der Waals surface area contributed by atoms with Crippen molar-refractivity contribution in [1.82, 2.24) is 9.03 Å². The van der Waals surface area contributed by atoms with E-state index in [1.165, 1.54) is 16.4 Å². The Balaban J connectivity index is 1.73. The van der Waals surface area contributed by atoms with Crippen molar-refractivity contribution in [1.29, 1.82) is 0 Å². The van der Waals surface area contributed by atoms with Crippen LogP contribution in [0.15, 0.2) is 23.1 Å². The SMILES string of the molecule is CS(=O)(=O)NC1CCN(S(=O)(=O)c2ccc3c(c2)OCCO3)CC1. The summed E-state index contributed by atoms with van der Waals surface area (Å²) >= 11 is 0. The molecule has 2 heterocycles. The lowest BCUT2D eigenvalue weighted by Crippen LogP contribution is -2.46. The summed E-state index contributed by atoms with van der Waals surface area (Å²) in [5.74, 6) is 0.965. The average Bonchev–Trinajstić information content (AvgIpc) is 2.53. The van der Waals surface area contributed by atoms with Crippen LogP contribution in [-0.4, -0.2) is 59.7 Å². The van der Waals surface area contributed by atoms with Crippen molar-refractivity contribution in [2.24, 2.45) is 0 Å². The molecule has 134 valence electrons. The van der Waals surface area contributed by atoms with E-state index < -0.39 is 20.0 Å². The maximum Gasteiger partial charge on any atom is 0.243 e. The first kappa shape index (κ1) is 17.5. The Labute approximate surface area is 141 Å². The number of hydrogen-bond acceptors (Lipinski definition) is 6. The van der Waals surface area contributed by atoms with Gasteiger partial charge in [-0.1, -0.05) is 0 Å². The fourth-order valence-electron chi connectivity index (χ4n) is 2.85. The Morgan fingerprint density at radius 2 is 1.67 bits per heavy atom. The van der Waals surface area contributed by atoms with E-state index in [0.29, 0.717) is 37.6 Å². The molecule has 0 saturated carbocycles. The van der Waals surface area contributed by atoms with Crippen molar-refractivity contribution in [3.05, 3.63) is 18.2 Å². The van der Waals surface area contributed by atoms with Crippen molar-refractivity contribution in [3.8, 4) is 11.5 Å². The summed E-state index contributed by atoms with van der Waals surface area (Å²) in [7, 11) is -6.93. The van der Waals surface area contributed by atoms with Crippen LogP contribution in [0.2, 0.25) is 0 Å². The third kappa shape index (κ3) is 3.82. The van der Waals surface area contributed by atoms with E-state index in [0.717, 1.165) is 6.26 Å². The zero-order valence-electron chi connectivity index (χ0n) is 13.3. The second-order valence-electron chi connectivity index (χ2n) is 5.87. The van der Waals surface area contributed by atoms with Crippen LogP contribution in [0, 0.1) is 0 Å². The molecule has 10 heteroatoms. The van der Waals surface area contributed by atoms with E-state index in [1.807, 2.05) is 0 Å². The molecule has 1 N–H and O–H groups in total. The lowest BCUT2D eigenvalue weighted by Gasteiger charge is -2.31. The maximum absolute atomic E-state index is 12.8. The molecular weight excluding hydrogens is 356 g/mol. The fourth-order valence-corrected chi connectivity index (χ4v) is 5.18. The highest BCUT2D eigenvalue weighted by atomic mass is 32.2. The van der Waals surface area contributed by atoms with Gasteiger partial charge in [-0.05, 0) is 25.0 Å². The summed E-state index contributed by atoms with van der Waals surface area (Å²) in [5.41, 5.74) is 0. The Hall–Kier alpha value is -1.36. The van der Waals surface area contributed by atoms with Gasteiger partial charge in [-0.15, -0.1) is 0 Å². The molecule has 0 unspecified atom stereocenters. The molecule has 1 fully saturated rings. The minimum Gasteiger partial charge on any atom is -0.486 e. The molecule has 0 aliphatic carbocycles. The first-order valence-electron chi connectivity index (χ1n) is 7.63. The molecule has 8 nitrogen and oxygen atoms in total. The van der Waals surface area contributed by atoms with Crippen LogP contribution < -0.4 is 14.2 Å². The first-order valence-corrected chi connectivity index (χ1v) is 11.0. The second kappa shape index (κ2) is 6.51. The lowest BCUT2D eigenvalue weighted by molar-refractivity contribution is 0.171. The normalized spacial score (nSPS) is 20.0. The van der Waals surface area contributed by atoms with Crippen LogP contribution in [0.4, 0.5) is 0 Å². The zero-order chi connectivity index (χ0) is 17.4. The molecule has 1 aromatic rings. The van der Waals surface area contributed by atoms with Crippen LogP contribution >= 0.6 is 0 Å². The number of ether oxygens (including phenoxy) is 2. The van der Waals surface area contributed by atoms with E-state index in [2.05, 4.69) is 4.72 Å². The topological polar surface area (TPSA) is 102 Å². The van der Waals surface area contributed by atoms with Gasteiger partial charge in [0.15, 0.2) is 11.5 Å². The number of nitrogens with one attached hydrogen (secondary N) is 1. The minimum absolute atomic E-state index is 0.154. The van der Waals surface area contributed by atoms with Crippen molar-refractivity contribution >= 4 is 20.0 Å². The van der Waals surface area contributed by atoms with Gasteiger partial charge in [0.1, 0.15) is 13.2 Å². The Morgan fingerprint density at radius 1 is 1.04 bits per heavy atom. The molecule has 3 rings (SSSR count). The van der Waals surface area contributed by atoms with E-state index in [9.17, 15) is 16.8 Å². The molecular formula is C14H20N2O6S2. The molecule has 0 bridgehead atoms. The summed E-state index contributed by atoms with van der Waals surface area (Å²) in [6.45, 7) is 1.37. The first-order chi connectivity index (χ1) is 11.3. The largest absolute Gasteiger partial charge is 0.486 e. The van der Waals surface area contributed by atoms with Gasteiger partial charge < -0.3 is 9.47 Å². The van der Waals surface area contributed by atoms with Crippen LogP contribution in [0.1, 0.15) is 12.8 Å². The van der Waals surface area contributed by atoms with Gasteiger partial charge in [0.2, 0.25) is 20.0 Å². The molecule has 1 aromatic carbocycles. The van der Waals surface area contributed by atoms with Crippen molar-refractivity contribution < 1.29 is 26.3 Å². The molecule has 0 radical (unpaired) electrons. The number of piperidine rings is 1. The number of sulfonamides is 2. The molecule has 0 amide bonds. The number of benzene rings is 1. The number of rotatable bonds is 4. The predicted octanol–water partition coefficient (Wildman–Crippen LogP) is 0.160. The van der Waals surface area contributed by atoms with Crippen molar-refractivity contribution in [2.45, 2.75) is 23.8 Å². The van der Waals surface area contributed by atoms with Crippen molar-refractivity contribution in [2.75, 3.05) is 32.6 Å². The summed E-state index contributed by atoms with van der Waals surface area (Å²) in [5, 5.41) is 0. The average molecular weight is 376 g/mol. The molecule has 0 spiro atoms.